The molecule has 1 N–H and O–H groups in total. The first kappa shape index (κ1) is 19.8. The number of aryl methyl sites for hydroxylation is 1. The average molecular weight is 397 g/mol. The van der Waals surface area contributed by atoms with Gasteiger partial charge in [-0.1, -0.05) is 26.0 Å². The Kier molecular flexibility index (Phi) is 5.30. The molecule has 2 aromatic rings. The number of piperidine rings is 1. The summed E-state index contributed by atoms with van der Waals surface area (Å²) in [6.07, 6.45) is 1.84. The number of rotatable bonds is 3. The van der Waals surface area contributed by atoms with Crippen molar-refractivity contribution in [3.05, 3.63) is 59.2 Å². The van der Waals surface area contributed by atoms with Crippen molar-refractivity contribution in [1.82, 2.24) is 15.2 Å². The van der Waals surface area contributed by atoms with Gasteiger partial charge in [-0.2, -0.15) is 0 Å². The summed E-state index contributed by atoms with van der Waals surface area (Å²) < 4.78 is 13.1. The zero-order chi connectivity index (χ0) is 20.6. The van der Waals surface area contributed by atoms with Crippen LogP contribution in [0.4, 0.5) is 14.9 Å². The molecule has 1 fully saturated rings. The molecule has 0 atom stereocenters. The molecule has 1 aromatic heterocycles. The molecule has 2 aliphatic heterocycles. The fourth-order valence-corrected chi connectivity index (χ4v) is 4.34. The van der Waals surface area contributed by atoms with Crippen molar-refractivity contribution in [3.63, 3.8) is 0 Å². The van der Waals surface area contributed by atoms with Crippen LogP contribution in [0.1, 0.15) is 43.6 Å². The standard InChI is InChI=1S/C23H29FN4O/c1-16-4-9-20-21(25-16)23(2,3)15-28(20)22(29)26-19-10-12-27(13-11-19)14-17-5-7-18(24)8-6-17/h4-9,19H,10-15H2,1-3H3,(H,26,29). The molecule has 1 aromatic carbocycles. The maximum atomic E-state index is 13.1. The number of amides is 2. The second-order valence-electron chi connectivity index (χ2n) is 8.92. The second-order valence-corrected chi connectivity index (χ2v) is 8.92. The molecule has 154 valence electrons. The highest BCUT2D eigenvalue weighted by molar-refractivity contribution is 5.94. The van der Waals surface area contributed by atoms with Crippen LogP contribution in [-0.4, -0.2) is 41.6 Å². The van der Waals surface area contributed by atoms with Crippen LogP contribution < -0.4 is 10.2 Å². The third-order valence-corrected chi connectivity index (χ3v) is 5.98. The summed E-state index contributed by atoms with van der Waals surface area (Å²) in [6.45, 7) is 9.57. The minimum absolute atomic E-state index is 0.0283. The largest absolute Gasteiger partial charge is 0.335 e. The Morgan fingerprint density at radius 2 is 1.86 bits per heavy atom. The summed E-state index contributed by atoms with van der Waals surface area (Å²) in [6, 6.07) is 10.8. The fraction of sp³-hybridized carbons (Fsp3) is 0.478. The molecular formula is C23H29FN4O. The number of hydrogen-bond acceptors (Lipinski definition) is 3. The van der Waals surface area contributed by atoms with E-state index >= 15 is 0 Å². The molecule has 0 radical (unpaired) electrons. The number of urea groups is 1. The number of halogens is 1. The van der Waals surface area contributed by atoms with Gasteiger partial charge in [0.2, 0.25) is 0 Å². The normalized spacial score (nSPS) is 19.2. The van der Waals surface area contributed by atoms with Gasteiger partial charge in [-0.15, -0.1) is 0 Å². The van der Waals surface area contributed by atoms with Gasteiger partial charge < -0.3 is 5.32 Å². The number of pyridine rings is 1. The number of aromatic nitrogens is 1. The highest BCUT2D eigenvalue weighted by Gasteiger charge is 2.40. The van der Waals surface area contributed by atoms with E-state index in [4.69, 9.17) is 0 Å². The first-order chi connectivity index (χ1) is 13.8. The number of hydrogen-bond donors (Lipinski definition) is 1. The molecule has 0 aliphatic carbocycles. The van der Waals surface area contributed by atoms with E-state index in [1.807, 2.05) is 36.1 Å². The Morgan fingerprint density at radius 1 is 1.17 bits per heavy atom. The van der Waals surface area contributed by atoms with Gasteiger partial charge in [0.1, 0.15) is 5.82 Å². The Bertz CT molecular complexity index is 888. The molecule has 3 heterocycles. The van der Waals surface area contributed by atoms with Crippen molar-refractivity contribution in [2.75, 3.05) is 24.5 Å². The Morgan fingerprint density at radius 3 is 2.55 bits per heavy atom. The van der Waals surface area contributed by atoms with Gasteiger partial charge in [0, 0.05) is 43.3 Å². The van der Waals surface area contributed by atoms with Gasteiger partial charge in [-0.05, 0) is 49.6 Å². The summed E-state index contributed by atoms with van der Waals surface area (Å²) in [5.74, 6) is -0.202. The van der Waals surface area contributed by atoms with Crippen LogP contribution in [0.3, 0.4) is 0 Å². The molecule has 2 aliphatic rings. The molecule has 0 spiro atoms. The molecule has 0 saturated carbocycles. The van der Waals surface area contributed by atoms with E-state index in [1.54, 1.807) is 0 Å². The first-order valence-electron chi connectivity index (χ1n) is 10.3. The molecular weight excluding hydrogens is 367 g/mol. The van der Waals surface area contributed by atoms with Crippen LogP contribution in [0.5, 0.6) is 0 Å². The maximum Gasteiger partial charge on any atom is 0.322 e. The van der Waals surface area contributed by atoms with Crippen LogP contribution in [-0.2, 0) is 12.0 Å². The molecule has 0 bridgehead atoms. The van der Waals surface area contributed by atoms with Crippen LogP contribution in [0.15, 0.2) is 36.4 Å². The number of likely N-dealkylation sites (tertiary alicyclic amines) is 1. The minimum Gasteiger partial charge on any atom is -0.335 e. The van der Waals surface area contributed by atoms with E-state index in [-0.39, 0.29) is 23.3 Å². The van der Waals surface area contributed by atoms with Crippen LogP contribution >= 0.6 is 0 Å². The second kappa shape index (κ2) is 7.75. The van der Waals surface area contributed by atoms with Gasteiger partial charge >= 0.3 is 6.03 Å². The van der Waals surface area contributed by atoms with E-state index in [1.165, 1.54) is 12.1 Å². The quantitative estimate of drug-likeness (QED) is 0.853. The zero-order valence-corrected chi connectivity index (χ0v) is 17.4. The average Bonchev–Trinajstić information content (AvgIpc) is 2.96. The number of nitrogens with zero attached hydrogens (tertiary/aromatic N) is 3. The van der Waals surface area contributed by atoms with Crippen LogP contribution in [0.25, 0.3) is 0 Å². The highest BCUT2D eigenvalue weighted by atomic mass is 19.1. The number of carbonyl (C=O) groups is 1. The van der Waals surface area contributed by atoms with E-state index in [2.05, 4.69) is 29.0 Å². The van der Waals surface area contributed by atoms with Gasteiger partial charge in [0.15, 0.2) is 0 Å². The number of fused-ring (bicyclic) bond motifs is 1. The molecule has 6 heteroatoms. The molecule has 1 saturated heterocycles. The van der Waals surface area contributed by atoms with Crippen molar-refractivity contribution >= 4 is 11.7 Å². The molecule has 29 heavy (non-hydrogen) atoms. The Labute approximate surface area is 171 Å². The number of anilines is 1. The van der Waals surface area contributed by atoms with Crippen molar-refractivity contribution < 1.29 is 9.18 Å². The predicted octanol–water partition coefficient (Wildman–Crippen LogP) is 4.00. The number of carbonyl (C=O) groups excluding carboxylic acids is 1. The molecule has 5 nitrogen and oxygen atoms in total. The van der Waals surface area contributed by atoms with Crippen LogP contribution in [0.2, 0.25) is 0 Å². The Balaban J connectivity index is 1.33. The maximum absolute atomic E-state index is 13.1. The number of benzene rings is 1. The topological polar surface area (TPSA) is 48.5 Å². The van der Waals surface area contributed by atoms with Gasteiger partial charge in [0.25, 0.3) is 0 Å². The van der Waals surface area contributed by atoms with E-state index in [9.17, 15) is 9.18 Å². The summed E-state index contributed by atoms with van der Waals surface area (Å²) in [5.41, 5.74) is 3.88. The van der Waals surface area contributed by atoms with E-state index in [0.717, 1.165) is 55.1 Å². The summed E-state index contributed by atoms with van der Waals surface area (Å²) in [4.78, 5) is 21.9. The smallest absolute Gasteiger partial charge is 0.322 e. The van der Waals surface area contributed by atoms with Gasteiger partial charge in [0.05, 0.1) is 11.4 Å². The van der Waals surface area contributed by atoms with Gasteiger partial charge in [-0.25, -0.2) is 9.18 Å². The molecule has 0 unspecified atom stereocenters. The van der Waals surface area contributed by atoms with Gasteiger partial charge in [-0.3, -0.25) is 14.8 Å². The van der Waals surface area contributed by atoms with Crippen molar-refractivity contribution in [2.24, 2.45) is 0 Å². The fourth-order valence-electron chi connectivity index (χ4n) is 4.34. The lowest BCUT2D eigenvalue weighted by Crippen LogP contribution is -2.49. The monoisotopic (exact) mass is 396 g/mol. The highest BCUT2D eigenvalue weighted by Crippen LogP contribution is 2.39. The van der Waals surface area contributed by atoms with Crippen molar-refractivity contribution in [1.29, 1.82) is 0 Å². The summed E-state index contributed by atoms with van der Waals surface area (Å²) in [7, 11) is 0. The van der Waals surface area contributed by atoms with Crippen molar-refractivity contribution in [3.8, 4) is 0 Å². The first-order valence-corrected chi connectivity index (χ1v) is 10.3. The predicted molar refractivity (Wildman–Crippen MR) is 113 cm³/mol. The van der Waals surface area contributed by atoms with E-state index in [0.29, 0.717) is 6.54 Å². The lowest BCUT2D eigenvalue weighted by molar-refractivity contribution is 0.188. The lowest BCUT2D eigenvalue weighted by Gasteiger charge is -2.33. The third kappa shape index (κ3) is 4.27. The Hall–Kier alpha value is -2.47. The minimum atomic E-state index is -0.202. The summed E-state index contributed by atoms with van der Waals surface area (Å²) >= 11 is 0. The SMILES string of the molecule is Cc1ccc2c(n1)C(C)(C)CN2C(=O)NC1CCN(Cc2ccc(F)cc2)CC1. The zero-order valence-electron chi connectivity index (χ0n) is 17.4. The molecule has 2 amide bonds. The molecule has 4 rings (SSSR count). The lowest BCUT2D eigenvalue weighted by atomic mass is 9.91. The summed E-state index contributed by atoms with van der Waals surface area (Å²) in [5, 5.41) is 3.23. The van der Waals surface area contributed by atoms with Crippen LogP contribution in [0, 0.1) is 12.7 Å². The third-order valence-electron chi connectivity index (χ3n) is 5.98. The van der Waals surface area contributed by atoms with Crippen molar-refractivity contribution in [2.45, 2.75) is 51.6 Å². The van der Waals surface area contributed by atoms with E-state index < -0.39 is 0 Å². The number of nitrogens with one attached hydrogen (secondary N) is 1.